The van der Waals surface area contributed by atoms with Gasteiger partial charge in [-0.1, -0.05) is 0 Å². The van der Waals surface area contributed by atoms with Crippen LogP contribution in [-0.4, -0.2) is 52.9 Å². The first-order valence-electron chi connectivity index (χ1n) is 5.75. The van der Waals surface area contributed by atoms with Crippen LogP contribution >= 0.6 is 0 Å². The number of hydrogen-bond acceptors (Lipinski definition) is 5. The fourth-order valence-electron chi connectivity index (χ4n) is 1.99. The van der Waals surface area contributed by atoms with Crippen molar-refractivity contribution in [3.8, 4) is 6.07 Å². The first kappa shape index (κ1) is 11.9. The van der Waals surface area contributed by atoms with Crippen LogP contribution in [0.5, 0.6) is 0 Å². The van der Waals surface area contributed by atoms with E-state index in [-0.39, 0.29) is 0 Å². The van der Waals surface area contributed by atoms with Crippen molar-refractivity contribution < 1.29 is 0 Å². The molecule has 0 unspecified atom stereocenters. The molecule has 1 fully saturated rings. The first-order chi connectivity index (χ1) is 8.11. The molecule has 0 aromatic carbocycles. The van der Waals surface area contributed by atoms with Gasteiger partial charge in [0.2, 0.25) is 0 Å². The Bertz CT molecular complexity index is 436. The lowest BCUT2D eigenvalue weighted by atomic mass is 10.3. The molecule has 6 heteroatoms. The minimum atomic E-state index is 0.631. The van der Waals surface area contributed by atoms with E-state index in [9.17, 15) is 0 Å². The molecule has 1 aromatic heterocycles. The molecule has 0 spiro atoms. The Labute approximate surface area is 101 Å². The summed E-state index contributed by atoms with van der Waals surface area (Å²) in [4.78, 5) is 2.29. The quantitative estimate of drug-likeness (QED) is 0.790. The third-order valence-electron chi connectivity index (χ3n) is 3.10. The van der Waals surface area contributed by atoms with Crippen molar-refractivity contribution >= 4 is 5.82 Å². The van der Waals surface area contributed by atoms with E-state index in [2.05, 4.69) is 33.6 Å². The molecule has 1 N–H and O–H groups in total. The molecule has 0 saturated carbocycles. The lowest BCUT2D eigenvalue weighted by molar-refractivity contribution is 0.178. The highest BCUT2D eigenvalue weighted by Crippen LogP contribution is 2.18. The third-order valence-corrected chi connectivity index (χ3v) is 3.10. The number of anilines is 1. The van der Waals surface area contributed by atoms with Crippen molar-refractivity contribution in [2.24, 2.45) is 7.05 Å². The van der Waals surface area contributed by atoms with Crippen LogP contribution < -0.4 is 5.43 Å². The highest BCUT2D eigenvalue weighted by molar-refractivity contribution is 5.54. The normalized spacial score (nSPS) is 18.0. The number of hydrogen-bond donors (Lipinski definition) is 1. The second kappa shape index (κ2) is 4.73. The zero-order valence-corrected chi connectivity index (χ0v) is 10.6. The predicted molar refractivity (Wildman–Crippen MR) is 65.4 cm³/mol. The van der Waals surface area contributed by atoms with E-state index in [1.165, 1.54) is 0 Å². The third kappa shape index (κ3) is 2.40. The average Bonchev–Trinajstić information content (AvgIpc) is 2.57. The van der Waals surface area contributed by atoms with Crippen LogP contribution in [0.4, 0.5) is 5.82 Å². The Hall–Kier alpha value is -1.58. The molecule has 0 amide bonds. The molecule has 0 atom stereocenters. The van der Waals surface area contributed by atoms with Gasteiger partial charge in [0.25, 0.3) is 0 Å². The largest absolute Gasteiger partial charge is 0.304 e. The lowest BCUT2D eigenvalue weighted by Gasteiger charge is -2.32. The fraction of sp³-hybridized carbons (Fsp3) is 0.636. The molecule has 92 valence electrons. The van der Waals surface area contributed by atoms with Gasteiger partial charge in [-0.15, -0.1) is 0 Å². The Balaban J connectivity index is 2.11. The zero-order chi connectivity index (χ0) is 12.4. The van der Waals surface area contributed by atoms with E-state index in [0.717, 1.165) is 37.7 Å². The molecule has 1 saturated heterocycles. The van der Waals surface area contributed by atoms with E-state index in [4.69, 9.17) is 5.26 Å². The van der Waals surface area contributed by atoms with Gasteiger partial charge in [-0.3, -0.25) is 4.68 Å². The second-order valence-corrected chi connectivity index (χ2v) is 4.45. The van der Waals surface area contributed by atoms with Crippen molar-refractivity contribution in [1.82, 2.24) is 19.7 Å². The Kier molecular flexibility index (Phi) is 3.31. The number of nitrogens with one attached hydrogen (secondary N) is 1. The fourth-order valence-corrected chi connectivity index (χ4v) is 1.99. The molecule has 1 aliphatic heterocycles. The summed E-state index contributed by atoms with van der Waals surface area (Å²) in [5.41, 5.74) is 4.70. The van der Waals surface area contributed by atoms with Gasteiger partial charge in [0.05, 0.1) is 5.69 Å². The van der Waals surface area contributed by atoms with E-state index < -0.39 is 0 Å². The highest BCUT2D eigenvalue weighted by atomic mass is 15.6. The molecule has 17 heavy (non-hydrogen) atoms. The summed E-state index contributed by atoms with van der Waals surface area (Å²) in [5, 5.41) is 15.5. The molecule has 0 aliphatic carbocycles. The van der Waals surface area contributed by atoms with Gasteiger partial charge in [0, 0.05) is 33.2 Å². The summed E-state index contributed by atoms with van der Waals surface area (Å²) in [6.45, 7) is 5.82. The van der Waals surface area contributed by atoms with E-state index in [0.29, 0.717) is 5.56 Å². The molecular weight excluding hydrogens is 216 g/mol. The first-order valence-corrected chi connectivity index (χ1v) is 5.75. The minimum Gasteiger partial charge on any atom is -0.304 e. The van der Waals surface area contributed by atoms with Crippen molar-refractivity contribution in [3.05, 3.63) is 11.3 Å². The van der Waals surface area contributed by atoms with Crippen LogP contribution in [0.2, 0.25) is 0 Å². The van der Waals surface area contributed by atoms with Crippen molar-refractivity contribution in [2.75, 3.05) is 38.7 Å². The molecule has 1 aliphatic rings. The lowest BCUT2D eigenvalue weighted by Crippen LogP contribution is -2.47. The maximum absolute atomic E-state index is 9.11. The van der Waals surface area contributed by atoms with Gasteiger partial charge in [-0.25, -0.2) is 5.01 Å². The number of aryl methyl sites for hydroxylation is 2. The van der Waals surface area contributed by atoms with Gasteiger partial charge in [-0.05, 0) is 14.0 Å². The number of piperazine rings is 1. The summed E-state index contributed by atoms with van der Waals surface area (Å²) in [5.74, 6) is 0.787. The van der Waals surface area contributed by atoms with Crippen LogP contribution in [0.25, 0.3) is 0 Å². The van der Waals surface area contributed by atoms with E-state index in [1.54, 1.807) is 4.68 Å². The smallest absolute Gasteiger partial charge is 0.156 e. The predicted octanol–water partition coefficient (Wildman–Crippen LogP) is 0.175. The maximum Gasteiger partial charge on any atom is 0.156 e. The molecule has 0 radical (unpaired) electrons. The van der Waals surface area contributed by atoms with Gasteiger partial charge < -0.3 is 10.3 Å². The topological polar surface area (TPSA) is 60.1 Å². The maximum atomic E-state index is 9.11. The molecule has 0 bridgehead atoms. The summed E-state index contributed by atoms with van der Waals surface area (Å²) in [7, 11) is 3.97. The van der Waals surface area contributed by atoms with Crippen LogP contribution in [0, 0.1) is 18.3 Å². The number of rotatable bonds is 2. The van der Waals surface area contributed by atoms with Gasteiger partial charge in [0.15, 0.2) is 5.82 Å². The number of hydrazine groups is 1. The highest BCUT2D eigenvalue weighted by Gasteiger charge is 2.18. The van der Waals surface area contributed by atoms with Crippen LogP contribution in [0.1, 0.15) is 11.3 Å². The molecule has 1 aromatic rings. The zero-order valence-electron chi connectivity index (χ0n) is 10.6. The van der Waals surface area contributed by atoms with Gasteiger partial charge in [-0.2, -0.15) is 10.4 Å². The second-order valence-electron chi connectivity index (χ2n) is 4.45. The van der Waals surface area contributed by atoms with E-state index in [1.807, 2.05) is 14.0 Å². The minimum absolute atomic E-state index is 0.631. The van der Waals surface area contributed by atoms with Gasteiger partial charge >= 0.3 is 0 Å². The van der Waals surface area contributed by atoms with Crippen molar-refractivity contribution in [2.45, 2.75) is 6.92 Å². The molecule has 2 heterocycles. The number of aromatic nitrogens is 2. The number of nitrogens with zero attached hydrogens (tertiary/aromatic N) is 5. The molecule has 2 rings (SSSR count). The molecular formula is C11H18N6. The van der Waals surface area contributed by atoms with E-state index >= 15 is 0 Å². The Morgan fingerprint density at radius 3 is 2.47 bits per heavy atom. The Morgan fingerprint density at radius 2 is 1.88 bits per heavy atom. The number of nitriles is 1. The van der Waals surface area contributed by atoms with Crippen LogP contribution in [-0.2, 0) is 7.05 Å². The van der Waals surface area contributed by atoms with Crippen molar-refractivity contribution in [1.29, 1.82) is 5.26 Å². The Morgan fingerprint density at radius 1 is 1.24 bits per heavy atom. The summed E-state index contributed by atoms with van der Waals surface area (Å²) >= 11 is 0. The monoisotopic (exact) mass is 234 g/mol. The summed E-state index contributed by atoms with van der Waals surface area (Å²) in [6.07, 6.45) is 0. The SMILES string of the molecule is Cc1nn(C)c(NN2CCN(C)CC2)c1C#N. The van der Waals surface area contributed by atoms with Crippen LogP contribution in [0.3, 0.4) is 0 Å². The molecule has 6 nitrogen and oxygen atoms in total. The average molecular weight is 234 g/mol. The number of likely N-dealkylation sites (N-methyl/N-ethyl adjacent to an activating group) is 1. The van der Waals surface area contributed by atoms with Gasteiger partial charge in [0.1, 0.15) is 11.6 Å². The van der Waals surface area contributed by atoms with Crippen molar-refractivity contribution in [3.63, 3.8) is 0 Å². The standard InChI is InChI=1S/C11H18N6/c1-9-10(8-12)11(16(3)13-9)14-17-6-4-15(2)5-7-17/h14H,4-7H2,1-3H3. The summed E-state index contributed by atoms with van der Waals surface area (Å²) < 4.78 is 1.73. The summed E-state index contributed by atoms with van der Waals surface area (Å²) in [6, 6.07) is 2.20. The van der Waals surface area contributed by atoms with Crippen LogP contribution in [0.15, 0.2) is 0 Å².